The Bertz CT molecular complexity index is 1130. The monoisotopic (exact) mass is 459 g/mol. The van der Waals surface area contributed by atoms with Crippen LogP contribution in [0, 0.1) is 0 Å². The van der Waals surface area contributed by atoms with E-state index in [-0.39, 0.29) is 28.2 Å². The first-order valence-corrected chi connectivity index (χ1v) is 11.4. The number of rotatable bonds is 9. The Kier molecular flexibility index (Phi) is 7.62. The van der Waals surface area contributed by atoms with E-state index in [1.165, 1.54) is 18.2 Å². The first-order valence-electron chi connectivity index (χ1n) is 9.50. The number of amides is 1. The van der Waals surface area contributed by atoms with Crippen molar-refractivity contribution in [2.45, 2.75) is 24.4 Å². The van der Waals surface area contributed by atoms with Crippen LogP contribution in [0.3, 0.4) is 0 Å². The largest absolute Gasteiger partial charge is 0.482 e. The van der Waals surface area contributed by atoms with Crippen LogP contribution in [-0.4, -0.2) is 25.9 Å². The predicted octanol–water partition coefficient (Wildman–Crippen LogP) is 3.47. The van der Waals surface area contributed by atoms with Gasteiger partial charge in [-0.2, -0.15) is 0 Å². The molecular formula is C22H22ClN3O4S. The number of benzene rings is 2. The highest BCUT2D eigenvalue weighted by Gasteiger charge is 2.20. The number of pyridine rings is 1. The molecule has 0 bridgehead atoms. The molecule has 3 rings (SSSR count). The van der Waals surface area contributed by atoms with Crippen molar-refractivity contribution in [3.8, 4) is 5.75 Å². The predicted molar refractivity (Wildman–Crippen MR) is 118 cm³/mol. The highest BCUT2D eigenvalue weighted by atomic mass is 35.5. The van der Waals surface area contributed by atoms with Crippen LogP contribution in [0.1, 0.15) is 24.1 Å². The molecule has 0 radical (unpaired) electrons. The molecule has 1 aromatic heterocycles. The van der Waals surface area contributed by atoms with Crippen molar-refractivity contribution < 1.29 is 17.9 Å². The summed E-state index contributed by atoms with van der Waals surface area (Å²) in [5.74, 6) is -0.122. The summed E-state index contributed by atoms with van der Waals surface area (Å²) >= 11 is 6.19. The number of halogens is 1. The second-order valence-corrected chi connectivity index (χ2v) is 8.89. The molecule has 1 amide bonds. The third-order valence-corrected chi connectivity index (χ3v) is 6.25. The van der Waals surface area contributed by atoms with Gasteiger partial charge in [0.1, 0.15) is 5.75 Å². The second kappa shape index (κ2) is 10.4. The van der Waals surface area contributed by atoms with Gasteiger partial charge in [-0.3, -0.25) is 9.78 Å². The molecule has 2 aromatic carbocycles. The third kappa shape index (κ3) is 6.52. The van der Waals surface area contributed by atoms with Gasteiger partial charge in [-0.15, -0.1) is 0 Å². The minimum atomic E-state index is -3.79. The number of nitrogens with one attached hydrogen (secondary N) is 2. The van der Waals surface area contributed by atoms with E-state index in [0.29, 0.717) is 6.54 Å². The number of aromatic nitrogens is 1. The molecule has 0 aliphatic carbocycles. The van der Waals surface area contributed by atoms with E-state index in [4.69, 9.17) is 16.3 Å². The summed E-state index contributed by atoms with van der Waals surface area (Å²) in [7, 11) is -3.79. The van der Waals surface area contributed by atoms with Crippen molar-refractivity contribution in [1.29, 1.82) is 0 Å². The molecule has 9 heteroatoms. The van der Waals surface area contributed by atoms with E-state index in [1.54, 1.807) is 25.4 Å². The van der Waals surface area contributed by atoms with Crippen LogP contribution in [0.2, 0.25) is 5.02 Å². The van der Waals surface area contributed by atoms with Crippen molar-refractivity contribution >= 4 is 27.5 Å². The quantitative estimate of drug-likeness (QED) is 0.510. The minimum Gasteiger partial charge on any atom is -0.482 e. The van der Waals surface area contributed by atoms with Gasteiger partial charge in [-0.1, -0.05) is 48.0 Å². The standard InChI is InChI=1S/C22H22ClN3O4S/c1-16(18-7-3-2-4-8-18)26-31(28,29)19-9-10-21(20(23)12-19)30-15-22(27)25-14-17-6-5-11-24-13-17/h2-13,16,26H,14-15H2,1H3,(H,25,27)/t16-/m1/s1. The van der Waals surface area contributed by atoms with Gasteiger partial charge in [0, 0.05) is 25.0 Å². The van der Waals surface area contributed by atoms with E-state index in [9.17, 15) is 13.2 Å². The Balaban J connectivity index is 1.58. The zero-order chi connectivity index (χ0) is 22.3. The van der Waals surface area contributed by atoms with Gasteiger partial charge >= 0.3 is 0 Å². The molecule has 0 aliphatic heterocycles. The summed E-state index contributed by atoms with van der Waals surface area (Å²) in [5.41, 5.74) is 1.70. The van der Waals surface area contributed by atoms with Crippen LogP contribution in [-0.2, 0) is 21.4 Å². The second-order valence-electron chi connectivity index (χ2n) is 6.77. The molecule has 0 saturated heterocycles. The van der Waals surface area contributed by atoms with E-state index in [0.717, 1.165) is 11.1 Å². The molecule has 0 saturated carbocycles. The first-order chi connectivity index (χ1) is 14.8. The highest BCUT2D eigenvalue weighted by molar-refractivity contribution is 7.89. The molecule has 3 aromatic rings. The zero-order valence-corrected chi connectivity index (χ0v) is 18.4. The van der Waals surface area contributed by atoms with Crippen LogP contribution >= 0.6 is 11.6 Å². The molecular weight excluding hydrogens is 438 g/mol. The van der Waals surface area contributed by atoms with Crippen molar-refractivity contribution in [2.75, 3.05) is 6.61 Å². The van der Waals surface area contributed by atoms with E-state index in [1.807, 2.05) is 36.4 Å². The third-order valence-electron chi connectivity index (χ3n) is 4.42. The lowest BCUT2D eigenvalue weighted by Gasteiger charge is -2.15. The maximum absolute atomic E-state index is 12.7. The van der Waals surface area contributed by atoms with Gasteiger partial charge < -0.3 is 10.1 Å². The van der Waals surface area contributed by atoms with Crippen molar-refractivity contribution in [2.24, 2.45) is 0 Å². The fraction of sp³-hybridized carbons (Fsp3) is 0.182. The SMILES string of the molecule is C[C@@H](NS(=O)(=O)c1ccc(OCC(=O)NCc2cccnc2)c(Cl)c1)c1ccccc1. The molecule has 2 N–H and O–H groups in total. The summed E-state index contributed by atoms with van der Waals surface area (Å²) in [6.07, 6.45) is 3.31. The topological polar surface area (TPSA) is 97.4 Å². The van der Waals surface area contributed by atoms with Crippen LogP contribution < -0.4 is 14.8 Å². The van der Waals surface area contributed by atoms with Crippen molar-refractivity contribution in [1.82, 2.24) is 15.0 Å². The number of carbonyl (C=O) groups excluding carboxylic acids is 1. The molecule has 7 nitrogen and oxygen atoms in total. The fourth-order valence-corrected chi connectivity index (χ4v) is 4.33. The van der Waals surface area contributed by atoms with Crippen LogP contribution in [0.4, 0.5) is 0 Å². The van der Waals surface area contributed by atoms with Gasteiger partial charge in [0.25, 0.3) is 5.91 Å². The lowest BCUT2D eigenvalue weighted by atomic mass is 10.1. The van der Waals surface area contributed by atoms with Crippen molar-refractivity contribution in [3.05, 3.63) is 89.2 Å². The Morgan fingerprint density at radius 2 is 1.90 bits per heavy atom. The summed E-state index contributed by atoms with van der Waals surface area (Å²) < 4.78 is 33.4. The maximum Gasteiger partial charge on any atom is 0.258 e. The lowest BCUT2D eigenvalue weighted by molar-refractivity contribution is -0.123. The van der Waals surface area contributed by atoms with Crippen LogP contribution in [0.5, 0.6) is 5.75 Å². The fourth-order valence-electron chi connectivity index (χ4n) is 2.77. The Labute approximate surface area is 186 Å². The number of hydrogen-bond acceptors (Lipinski definition) is 5. The lowest BCUT2D eigenvalue weighted by Crippen LogP contribution is -2.28. The van der Waals surface area contributed by atoms with Crippen molar-refractivity contribution in [3.63, 3.8) is 0 Å². The van der Waals surface area contributed by atoms with Gasteiger partial charge in [0.05, 0.1) is 9.92 Å². The molecule has 31 heavy (non-hydrogen) atoms. The average Bonchev–Trinajstić information content (AvgIpc) is 2.77. The minimum absolute atomic E-state index is 0.00802. The van der Waals surface area contributed by atoms with E-state index in [2.05, 4.69) is 15.0 Å². The molecule has 0 unspecified atom stereocenters. The summed E-state index contributed by atoms with van der Waals surface area (Å²) in [6, 6.07) is 16.6. The zero-order valence-electron chi connectivity index (χ0n) is 16.8. The maximum atomic E-state index is 12.7. The first kappa shape index (κ1) is 22.7. The number of carbonyl (C=O) groups is 1. The average molecular weight is 460 g/mol. The van der Waals surface area contributed by atoms with Gasteiger partial charge in [-0.25, -0.2) is 13.1 Å². The molecule has 0 aliphatic rings. The Hall–Kier alpha value is -2.94. The normalized spacial score (nSPS) is 12.2. The molecule has 0 spiro atoms. The Morgan fingerprint density at radius 3 is 2.58 bits per heavy atom. The number of nitrogens with zero attached hydrogens (tertiary/aromatic N) is 1. The molecule has 1 atom stereocenters. The smallest absolute Gasteiger partial charge is 0.258 e. The van der Waals surface area contributed by atoms with Crippen LogP contribution in [0.15, 0.2) is 78.0 Å². The van der Waals surface area contributed by atoms with Gasteiger partial charge in [-0.05, 0) is 42.3 Å². The van der Waals surface area contributed by atoms with Gasteiger partial charge in [0.2, 0.25) is 10.0 Å². The number of sulfonamides is 1. The number of ether oxygens (including phenoxy) is 1. The van der Waals surface area contributed by atoms with E-state index >= 15 is 0 Å². The van der Waals surface area contributed by atoms with Gasteiger partial charge in [0.15, 0.2) is 6.61 Å². The van der Waals surface area contributed by atoms with Crippen LogP contribution in [0.25, 0.3) is 0 Å². The number of hydrogen-bond donors (Lipinski definition) is 2. The summed E-state index contributed by atoms with van der Waals surface area (Å²) in [5, 5.41) is 2.80. The molecule has 0 fully saturated rings. The summed E-state index contributed by atoms with van der Waals surface area (Å²) in [4.78, 5) is 16.0. The van der Waals surface area contributed by atoms with E-state index < -0.39 is 16.1 Å². The molecule has 162 valence electrons. The Morgan fingerprint density at radius 1 is 1.13 bits per heavy atom. The molecule has 1 heterocycles. The summed E-state index contributed by atoms with van der Waals surface area (Å²) in [6.45, 7) is 1.83. The highest BCUT2D eigenvalue weighted by Crippen LogP contribution is 2.28.